The summed E-state index contributed by atoms with van der Waals surface area (Å²) >= 11 is 0. The Hall–Kier alpha value is -0.0400. The van der Waals surface area contributed by atoms with Gasteiger partial charge in [-0.3, -0.25) is 0 Å². The van der Waals surface area contributed by atoms with Crippen molar-refractivity contribution in [2.45, 2.75) is 90.5 Å². The second kappa shape index (κ2) is 8.29. The first-order chi connectivity index (χ1) is 9.35. The zero-order valence-electron chi connectivity index (χ0n) is 13.3. The molecule has 1 heteroatoms. The van der Waals surface area contributed by atoms with E-state index in [4.69, 9.17) is 0 Å². The van der Waals surface area contributed by atoms with E-state index in [-0.39, 0.29) is 0 Å². The first kappa shape index (κ1) is 15.4. The van der Waals surface area contributed by atoms with E-state index in [0.29, 0.717) is 0 Å². The number of nitrogens with one attached hydrogen (secondary N) is 1. The molecule has 0 spiro atoms. The highest BCUT2D eigenvalue weighted by Gasteiger charge is 2.42. The van der Waals surface area contributed by atoms with E-state index in [0.717, 1.165) is 23.8 Å². The highest BCUT2D eigenvalue weighted by Crippen LogP contribution is 2.44. The number of rotatable bonds is 10. The Morgan fingerprint density at radius 1 is 0.895 bits per heavy atom. The first-order valence-corrected chi connectivity index (χ1v) is 9.08. The van der Waals surface area contributed by atoms with Gasteiger partial charge in [-0.25, -0.2) is 0 Å². The maximum Gasteiger partial charge on any atom is 0.00732 e. The van der Waals surface area contributed by atoms with Gasteiger partial charge in [0.2, 0.25) is 0 Å². The lowest BCUT2D eigenvalue weighted by Gasteiger charge is -2.31. The van der Waals surface area contributed by atoms with E-state index in [2.05, 4.69) is 19.2 Å². The van der Waals surface area contributed by atoms with Crippen molar-refractivity contribution in [1.82, 2.24) is 5.32 Å². The lowest BCUT2D eigenvalue weighted by atomic mass is 9.77. The minimum absolute atomic E-state index is 0.888. The number of hydrogen-bond donors (Lipinski definition) is 1. The average Bonchev–Trinajstić information content (AvgIpc) is 3.04. The fraction of sp³-hybridized carbons (Fsp3) is 1.00. The van der Waals surface area contributed by atoms with Crippen LogP contribution in [-0.4, -0.2) is 12.6 Å². The monoisotopic (exact) mass is 265 g/mol. The van der Waals surface area contributed by atoms with Gasteiger partial charge in [0.1, 0.15) is 0 Å². The molecule has 1 N–H and O–H groups in total. The molecule has 1 aliphatic heterocycles. The molecule has 2 rings (SSSR count). The number of unbranched alkanes of at least 4 members (excludes halogenated alkanes) is 5. The zero-order valence-corrected chi connectivity index (χ0v) is 13.3. The first-order valence-electron chi connectivity index (χ1n) is 9.08. The van der Waals surface area contributed by atoms with E-state index < -0.39 is 0 Å². The van der Waals surface area contributed by atoms with Crippen LogP contribution in [0.3, 0.4) is 0 Å². The third kappa shape index (κ3) is 4.48. The third-order valence-electron chi connectivity index (χ3n) is 5.63. The molecule has 1 saturated carbocycles. The van der Waals surface area contributed by atoms with Crippen LogP contribution in [-0.2, 0) is 0 Å². The second-order valence-corrected chi connectivity index (χ2v) is 7.11. The topological polar surface area (TPSA) is 12.0 Å². The molecule has 2 fully saturated rings. The Bertz CT molecular complexity index is 238. The lowest BCUT2D eigenvalue weighted by molar-refractivity contribution is 0.206. The Kier molecular flexibility index (Phi) is 6.70. The van der Waals surface area contributed by atoms with Gasteiger partial charge in [-0.05, 0) is 37.1 Å². The van der Waals surface area contributed by atoms with Gasteiger partial charge in [0.15, 0.2) is 0 Å². The molecule has 0 amide bonds. The molecule has 0 aromatic carbocycles. The van der Waals surface area contributed by atoms with E-state index in [1.54, 1.807) is 0 Å². The van der Waals surface area contributed by atoms with Crippen LogP contribution in [0.1, 0.15) is 84.5 Å². The van der Waals surface area contributed by atoms with E-state index in [9.17, 15) is 0 Å². The van der Waals surface area contributed by atoms with Crippen molar-refractivity contribution in [3.05, 3.63) is 0 Å². The van der Waals surface area contributed by atoms with Crippen molar-refractivity contribution in [3.63, 3.8) is 0 Å². The Morgan fingerprint density at radius 2 is 1.58 bits per heavy atom. The third-order valence-corrected chi connectivity index (χ3v) is 5.63. The van der Waals surface area contributed by atoms with Crippen LogP contribution in [0.4, 0.5) is 0 Å². The number of fused-ring (bicyclic) bond motifs is 2. The SMILES string of the molecule is CCCCCCC(CCCCC)C1CC2CC1CN2. The quantitative estimate of drug-likeness (QED) is 0.539. The van der Waals surface area contributed by atoms with Gasteiger partial charge >= 0.3 is 0 Å². The second-order valence-electron chi connectivity index (χ2n) is 7.11. The highest BCUT2D eigenvalue weighted by atomic mass is 15.0. The molecule has 0 radical (unpaired) electrons. The van der Waals surface area contributed by atoms with Crippen molar-refractivity contribution in [2.24, 2.45) is 17.8 Å². The van der Waals surface area contributed by atoms with Crippen LogP contribution in [0.5, 0.6) is 0 Å². The van der Waals surface area contributed by atoms with Gasteiger partial charge in [-0.15, -0.1) is 0 Å². The van der Waals surface area contributed by atoms with Gasteiger partial charge in [0.25, 0.3) is 0 Å². The summed E-state index contributed by atoms with van der Waals surface area (Å²) < 4.78 is 0. The summed E-state index contributed by atoms with van der Waals surface area (Å²) in [5.41, 5.74) is 0. The van der Waals surface area contributed by atoms with Crippen molar-refractivity contribution in [2.75, 3.05) is 6.54 Å². The smallest absolute Gasteiger partial charge is 0.00732 e. The highest BCUT2D eigenvalue weighted by molar-refractivity contribution is 4.97. The summed E-state index contributed by atoms with van der Waals surface area (Å²) in [6.45, 7) is 5.98. The Balaban J connectivity index is 1.76. The van der Waals surface area contributed by atoms with Crippen LogP contribution in [0.2, 0.25) is 0 Å². The van der Waals surface area contributed by atoms with Crippen LogP contribution in [0.25, 0.3) is 0 Å². The maximum atomic E-state index is 3.68. The Labute approximate surface area is 120 Å². The van der Waals surface area contributed by atoms with Crippen LogP contribution < -0.4 is 5.32 Å². The predicted molar refractivity (Wildman–Crippen MR) is 84.4 cm³/mol. The summed E-state index contributed by atoms with van der Waals surface area (Å²) in [5, 5.41) is 3.68. The fourth-order valence-electron chi connectivity index (χ4n) is 4.52. The Morgan fingerprint density at radius 3 is 2.16 bits per heavy atom. The molecule has 1 aliphatic carbocycles. The van der Waals surface area contributed by atoms with E-state index >= 15 is 0 Å². The van der Waals surface area contributed by atoms with Gasteiger partial charge < -0.3 is 5.32 Å². The van der Waals surface area contributed by atoms with Crippen LogP contribution in [0, 0.1) is 17.8 Å². The molecule has 0 aromatic heterocycles. The molecule has 112 valence electrons. The van der Waals surface area contributed by atoms with Gasteiger partial charge in [0.05, 0.1) is 0 Å². The molecule has 1 nitrogen and oxygen atoms in total. The predicted octanol–water partition coefficient (Wildman–Crippen LogP) is 5.15. The molecular weight excluding hydrogens is 230 g/mol. The molecular formula is C18H35N. The summed E-state index contributed by atoms with van der Waals surface area (Å²) in [7, 11) is 0. The van der Waals surface area contributed by atoms with E-state index in [1.807, 2.05) is 0 Å². The van der Waals surface area contributed by atoms with Crippen LogP contribution in [0.15, 0.2) is 0 Å². The standard InChI is InChI=1S/C18H35N/c1-3-5-7-9-11-15(10-8-6-4-2)18-13-17-12-16(18)14-19-17/h15-19H,3-14H2,1-2H3. The van der Waals surface area contributed by atoms with E-state index in [1.165, 1.54) is 77.2 Å². The molecule has 4 unspecified atom stereocenters. The van der Waals surface area contributed by atoms with Crippen molar-refractivity contribution in [3.8, 4) is 0 Å². The molecule has 0 aromatic rings. The van der Waals surface area contributed by atoms with Gasteiger partial charge in [-0.2, -0.15) is 0 Å². The molecule has 19 heavy (non-hydrogen) atoms. The maximum absolute atomic E-state index is 3.68. The molecule has 1 heterocycles. The fourth-order valence-corrected chi connectivity index (χ4v) is 4.52. The van der Waals surface area contributed by atoms with Crippen molar-refractivity contribution in [1.29, 1.82) is 0 Å². The molecule has 2 aliphatic rings. The van der Waals surface area contributed by atoms with Gasteiger partial charge in [-0.1, -0.05) is 71.6 Å². The summed E-state index contributed by atoms with van der Waals surface area (Å²) in [5.74, 6) is 3.16. The molecule has 4 atom stereocenters. The van der Waals surface area contributed by atoms with Crippen molar-refractivity contribution < 1.29 is 0 Å². The lowest BCUT2D eigenvalue weighted by Crippen LogP contribution is -2.33. The average molecular weight is 265 g/mol. The zero-order chi connectivity index (χ0) is 13.5. The normalized spacial score (nSPS) is 30.9. The van der Waals surface area contributed by atoms with Crippen LogP contribution >= 0.6 is 0 Å². The summed E-state index contributed by atoms with van der Waals surface area (Å²) in [4.78, 5) is 0. The van der Waals surface area contributed by atoms with Gasteiger partial charge in [0, 0.05) is 6.04 Å². The largest absolute Gasteiger partial charge is 0.314 e. The van der Waals surface area contributed by atoms with Crippen molar-refractivity contribution >= 4 is 0 Å². The summed E-state index contributed by atoms with van der Waals surface area (Å²) in [6.07, 6.45) is 16.1. The number of hydrogen-bond acceptors (Lipinski definition) is 1. The molecule has 1 saturated heterocycles. The number of piperidine rings is 1. The molecule has 2 bridgehead atoms. The summed E-state index contributed by atoms with van der Waals surface area (Å²) in [6, 6.07) is 0.888. The minimum atomic E-state index is 0.888. The minimum Gasteiger partial charge on any atom is -0.314 e.